The third-order valence-corrected chi connectivity index (χ3v) is 3.95. The number of rotatable bonds is 1. The Hall–Kier alpha value is -1.95. The Morgan fingerprint density at radius 2 is 2.14 bits per heavy atom. The van der Waals surface area contributed by atoms with Crippen LogP contribution in [0.15, 0.2) is 6.07 Å². The molecule has 1 atom stereocenters. The summed E-state index contributed by atoms with van der Waals surface area (Å²) in [6, 6.07) is 1.92. The summed E-state index contributed by atoms with van der Waals surface area (Å²) in [5.74, 6) is 0.0281. The second-order valence-corrected chi connectivity index (χ2v) is 5.63. The summed E-state index contributed by atoms with van der Waals surface area (Å²) in [4.78, 5) is 19.1. The molecule has 1 amide bonds. The second-order valence-electron chi connectivity index (χ2n) is 5.63. The highest BCUT2D eigenvalue weighted by atomic mass is 16.5. The first-order chi connectivity index (χ1) is 9.97. The highest BCUT2D eigenvalue weighted by molar-refractivity contribution is 5.98. The molecule has 3 heterocycles. The van der Waals surface area contributed by atoms with E-state index in [4.69, 9.17) is 4.74 Å². The van der Waals surface area contributed by atoms with Crippen LogP contribution in [0.2, 0.25) is 0 Å². The number of nitrogens with zero attached hydrogens (tertiary/aromatic N) is 4. The molecule has 1 aliphatic heterocycles. The molecule has 112 valence electrons. The average Bonchev–Trinajstić information content (AvgIpc) is 2.72. The molecule has 0 unspecified atom stereocenters. The fraction of sp³-hybridized carbons (Fsp3) is 0.533. The number of ether oxygens (including phenoxy) is 1. The van der Waals surface area contributed by atoms with Gasteiger partial charge in [0.25, 0.3) is 5.91 Å². The van der Waals surface area contributed by atoms with E-state index in [0.29, 0.717) is 25.3 Å². The minimum absolute atomic E-state index is 0.0281. The maximum absolute atomic E-state index is 12.7. The van der Waals surface area contributed by atoms with E-state index < -0.39 is 0 Å². The smallest absolute Gasteiger partial charge is 0.255 e. The first-order valence-corrected chi connectivity index (χ1v) is 7.19. The lowest BCUT2D eigenvalue weighted by Gasteiger charge is -2.31. The molecule has 2 aromatic heterocycles. The molecule has 0 saturated carbocycles. The molecule has 2 aromatic rings. The van der Waals surface area contributed by atoms with Gasteiger partial charge in [-0.2, -0.15) is 5.10 Å². The van der Waals surface area contributed by atoms with Crippen LogP contribution in [0.1, 0.15) is 28.7 Å². The third-order valence-electron chi connectivity index (χ3n) is 3.95. The van der Waals surface area contributed by atoms with Crippen LogP contribution in [0.25, 0.3) is 11.0 Å². The van der Waals surface area contributed by atoms with Crippen LogP contribution < -0.4 is 0 Å². The van der Waals surface area contributed by atoms with Crippen LogP contribution in [0.4, 0.5) is 0 Å². The van der Waals surface area contributed by atoms with E-state index in [1.165, 1.54) is 0 Å². The number of fused-ring (bicyclic) bond motifs is 1. The van der Waals surface area contributed by atoms with Crippen molar-refractivity contribution in [1.29, 1.82) is 0 Å². The van der Waals surface area contributed by atoms with Crippen molar-refractivity contribution in [3.8, 4) is 0 Å². The van der Waals surface area contributed by atoms with Gasteiger partial charge in [-0.05, 0) is 26.8 Å². The highest BCUT2D eigenvalue weighted by Crippen LogP contribution is 2.21. The number of aryl methyl sites for hydroxylation is 3. The predicted octanol–water partition coefficient (Wildman–Crippen LogP) is 1.45. The van der Waals surface area contributed by atoms with Crippen molar-refractivity contribution in [3.05, 3.63) is 23.0 Å². The topological polar surface area (TPSA) is 60.3 Å². The largest absolute Gasteiger partial charge is 0.375 e. The summed E-state index contributed by atoms with van der Waals surface area (Å²) < 4.78 is 7.25. The van der Waals surface area contributed by atoms with E-state index in [1.807, 2.05) is 38.8 Å². The first kappa shape index (κ1) is 14.0. The fourth-order valence-corrected chi connectivity index (χ4v) is 2.82. The van der Waals surface area contributed by atoms with Gasteiger partial charge in [0.15, 0.2) is 5.65 Å². The Morgan fingerprint density at radius 1 is 1.38 bits per heavy atom. The van der Waals surface area contributed by atoms with Crippen molar-refractivity contribution >= 4 is 16.9 Å². The maximum Gasteiger partial charge on any atom is 0.255 e. The van der Waals surface area contributed by atoms with E-state index in [2.05, 4.69) is 10.1 Å². The van der Waals surface area contributed by atoms with Gasteiger partial charge >= 0.3 is 0 Å². The lowest BCUT2D eigenvalue weighted by atomic mass is 10.1. The maximum atomic E-state index is 12.7. The number of carbonyl (C=O) groups is 1. The Bertz CT molecular complexity index is 707. The quantitative estimate of drug-likeness (QED) is 0.797. The van der Waals surface area contributed by atoms with Gasteiger partial charge in [0.2, 0.25) is 0 Å². The number of aromatic nitrogens is 3. The van der Waals surface area contributed by atoms with Gasteiger partial charge < -0.3 is 9.64 Å². The SMILES string of the molecule is Cc1nc2c(cc1C(=O)N1CCO[C@H](C)C1)c(C)nn2C. The molecule has 1 fully saturated rings. The minimum atomic E-state index is 0.0281. The third kappa shape index (κ3) is 2.40. The Labute approximate surface area is 123 Å². The average molecular weight is 288 g/mol. The van der Waals surface area contributed by atoms with Crippen LogP contribution in [0.5, 0.6) is 0 Å². The minimum Gasteiger partial charge on any atom is -0.375 e. The monoisotopic (exact) mass is 288 g/mol. The summed E-state index contributed by atoms with van der Waals surface area (Å²) in [6.07, 6.45) is 0.0832. The summed E-state index contributed by atoms with van der Waals surface area (Å²) >= 11 is 0. The lowest BCUT2D eigenvalue weighted by Crippen LogP contribution is -2.44. The van der Waals surface area contributed by atoms with Gasteiger partial charge in [-0.1, -0.05) is 0 Å². The van der Waals surface area contributed by atoms with Gasteiger partial charge in [-0.3, -0.25) is 9.48 Å². The zero-order valence-electron chi connectivity index (χ0n) is 12.9. The van der Waals surface area contributed by atoms with Crippen LogP contribution in [-0.2, 0) is 11.8 Å². The first-order valence-electron chi connectivity index (χ1n) is 7.19. The van der Waals surface area contributed by atoms with Crippen molar-refractivity contribution in [2.24, 2.45) is 7.05 Å². The lowest BCUT2D eigenvalue weighted by molar-refractivity contribution is -0.0124. The molecule has 0 N–H and O–H groups in total. The fourth-order valence-electron chi connectivity index (χ4n) is 2.82. The summed E-state index contributed by atoms with van der Waals surface area (Å²) in [7, 11) is 1.87. The second kappa shape index (κ2) is 5.11. The highest BCUT2D eigenvalue weighted by Gasteiger charge is 2.25. The summed E-state index contributed by atoms with van der Waals surface area (Å²) in [5, 5.41) is 5.30. The predicted molar refractivity (Wildman–Crippen MR) is 79.3 cm³/mol. The number of hydrogen-bond donors (Lipinski definition) is 0. The zero-order chi connectivity index (χ0) is 15.1. The van der Waals surface area contributed by atoms with Gasteiger partial charge in [0.1, 0.15) is 0 Å². The molecule has 1 aliphatic rings. The molecule has 3 rings (SSSR count). The van der Waals surface area contributed by atoms with Crippen LogP contribution >= 0.6 is 0 Å². The van der Waals surface area contributed by atoms with E-state index >= 15 is 0 Å². The normalized spacial score (nSPS) is 19.2. The molecule has 0 aliphatic carbocycles. The van der Waals surface area contributed by atoms with E-state index in [1.54, 1.807) is 4.68 Å². The molecule has 1 saturated heterocycles. The zero-order valence-corrected chi connectivity index (χ0v) is 12.9. The molecule has 0 bridgehead atoms. The molecule has 0 radical (unpaired) electrons. The number of pyridine rings is 1. The van der Waals surface area contributed by atoms with Gasteiger partial charge in [0, 0.05) is 25.5 Å². The van der Waals surface area contributed by atoms with Gasteiger partial charge in [-0.25, -0.2) is 4.98 Å². The molecular weight excluding hydrogens is 268 g/mol. The molecule has 6 heteroatoms. The number of amides is 1. The molecule has 0 aromatic carbocycles. The van der Waals surface area contributed by atoms with E-state index in [-0.39, 0.29) is 12.0 Å². The Morgan fingerprint density at radius 3 is 2.86 bits per heavy atom. The summed E-state index contributed by atoms with van der Waals surface area (Å²) in [6.45, 7) is 7.64. The molecule has 6 nitrogen and oxygen atoms in total. The van der Waals surface area contributed by atoms with Crippen LogP contribution in [0, 0.1) is 13.8 Å². The molecule has 0 spiro atoms. The number of carbonyl (C=O) groups excluding carboxylic acids is 1. The van der Waals surface area contributed by atoms with E-state index in [9.17, 15) is 4.79 Å². The summed E-state index contributed by atoms with van der Waals surface area (Å²) in [5.41, 5.74) is 3.11. The van der Waals surface area contributed by atoms with Crippen molar-refractivity contribution < 1.29 is 9.53 Å². The van der Waals surface area contributed by atoms with Crippen LogP contribution in [-0.4, -0.2) is 51.4 Å². The number of morpholine rings is 1. The van der Waals surface area contributed by atoms with Crippen molar-refractivity contribution in [3.63, 3.8) is 0 Å². The van der Waals surface area contributed by atoms with Gasteiger partial charge in [-0.15, -0.1) is 0 Å². The van der Waals surface area contributed by atoms with E-state index in [0.717, 1.165) is 22.4 Å². The molecule has 21 heavy (non-hydrogen) atoms. The standard InChI is InChI=1S/C15H20N4O2/c1-9-8-19(5-6-21-9)15(20)13-7-12-11(3)17-18(4)14(12)16-10(13)2/h7,9H,5-6,8H2,1-4H3/t9-/m1/s1. The number of hydrogen-bond acceptors (Lipinski definition) is 4. The van der Waals surface area contributed by atoms with Crippen molar-refractivity contribution in [1.82, 2.24) is 19.7 Å². The van der Waals surface area contributed by atoms with Gasteiger partial charge in [0.05, 0.1) is 29.7 Å². The molecular formula is C15H20N4O2. The van der Waals surface area contributed by atoms with Crippen LogP contribution in [0.3, 0.4) is 0 Å². The Kier molecular flexibility index (Phi) is 3.41. The van der Waals surface area contributed by atoms with Crippen molar-refractivity contribution in [2.45, 2.75) is 26.9 Å². The Balaban J connectivity index is 2.01. The van der Waals surface area contributed by atoms with Crippen molar-refractivity contribution in [2.75, 3.05) is 19.7 Å².